The topological polar surface area (TPSA) is 68.0 Å². The van der Waals surface area contributed by atoms with E-state index in [0.29, 0.717) is 0 Å². The zero-order valence-electron chi connectivity index (χ0n) is 8.38. The number of hydrogen-bond acceptors (Lipinski definition) is 3. The van der Waals surface area contributed by atoms with Crippen LogP contribution in [0.4, 0.5) is 0 Å². The number of hydrogen-bond donors (Lipinski definition) is 1. The highest BCUT2D eigenvalue weighted by molar-refractivity contribution is 9.10. The molecule has 6 heteroatoms. The molecule has 0 saturated carbocycles. The summed E-state index contributed by atoms with van der Waals surface area (Å²) in [6.07, 6.45) is 1.38. The molecule has 0 unspecified atom stereocenters. The van der Waals surface area contributed by atoms with Crippen LogP contribution in [0.25, 0.3) is 5.69 Å². The number of aryl methyl sites for hydroxylation is 1. The monoisotopic (exact) mass is 281 g/mol. The van der Waals surface area contributed by atoms with Gasteiger partial charge in [-0.15, -0.1) is 5.10 Å². The fraction of sp³-hybridized carbons (Fsp3) is 0.100. The molecule has 5 nitrogen and oxygen atoms in total. The van der Waals surface area contributed by atoms with Gasteiger partial charge in [0.1, 0.15) is 0 Å². The molecule has 0 aliphatic rings. The number of carbonyl (C=O) groups is 1. The van der Waals surface area contributed by atoms with Crippen LogP contribution in [-0.4, -0.2) is 26.1 Å². The Morgan fingerprint density at radius 3 is 2.81 bits per heavy atom. The highest BCUT2D eigenvalue weighted by Crippen LogP contribution is 2.18. The van der Waals surface area contributed by atoms with E-state index in [4.69, 9.17) is 5.11 Å². The van der Waals surface area contributed by atoms with Gasteiger partial charge < -0.3 is 5.11 Å². The number of nitrogens with zero attached hydrogens (tertiary/aromatic N) is 3. The second kappa shape index (κ2) is 4.05. The van der Waals surface area contributed by atoms with Crippen LogP contribution in [0.15, 0.2) is 28.9 Å². The van der Waals surface area contributed by atoms with E-state index in [1.165, 1.54) is 10.9 Å². The SMILES string of the molecule is Cc1cc(-n2cc(C(=O)O)nn2)ccc1Br. The van der Waals surface area contributed by atoms with Crippen LogP contribution in [0.1, 0.15) is 16.1 Å². The van der Waals surface area contributed by atoms with Gasteiger partial charge in [-0.1, -0.05) is 21.1 Å². The summed E-state index contributed by atoms with van der Waals surface area (Å²) < 4.78 is 2.43. The van der Waals surface area contributed by atoms with Gasteiger partial charge in [-0.2, -0.15) is 0 Å². The van der Waals surface area contributed by atoms with E-state index in [0.717, 1.165) is 15.7 Å². The Bertz CT molecular complexity index is 551. The van der Waals surface area contributed by atoms with Crippen LogP contribution < -0.4 is 0 Å². The van der Waals surface area contributed by atoms with Gasteiger partial charge in [-0.25, -0.2) is 9.48 Å². The maximum absolute atomic E-state index is 10.6. The minimum Gasteiger partial charge on any atom is -0.476 e. The van der Waals surface area contributed by atoms with E-state index in [-0.39, 0.29) is 5.69 Å². The first-order valence-electron chi connectivity index (χ1n) is 4.50. The number of aromatic carboxylic acids is 1. The molecule has 1 N–H and O–H groups in total. The van der Waals surface area contributed by atoms with E-state index in [1.807, 2.05) is 25.1 Å². The Balaban J connectivity index is 2.42. The largest absolute Gasteiger partial charge is 0.476 e. The Morgan fingerprint density at radius 2 is 2.25 bits per heavy atom. The van der Waals surface area contributed by atoms with E-state index in [1.54, 1.807) is 0 Å². The van der Waals surface area contributed by atoms with Gasteiger partial charge in [0.25, 0.3) is 0 Å². The van der Waals surface area contributed by atoms with Crippen molar-refractivity contribution in [1.29, 1.82) is 0 Å². The fourth-order valence-corrected chi connectivity index (χ4v) is 1.51. The van der Waals surface area contributed by atoms with Crippen molar-refractivity contribution in [3.8, 4) is 5.69 Å². The molecule has 2 aromatic rings. The summed E-state index contributed by atoms with van der Waals surface area (Å²) in [4.78, 5) is 10.6. The molecule has 0 radical (unpaired) electrons. The van der Waals surface area contributed by atoms with Crippen LogP contribution in [-0.2, 0) is 0 Å². The quantitative estimate of drug-likeness (QED) is 0.915. The number of aromatic nitrogens is 3. The predicted molar refractivity (Wildman–Crippen MR) is 60.8 cm³/mol. The average Bonchev–Trinajstić information content (AvgIpc) is 2.71. The molecule has 0 bridgehead atoms. The van der Waals surface area contributed by atoms with E-state index in [2.05, 4.69) is 26.2 Å². The minimum atomic E-state index is -1.08. The molecule has 1 aromatic heterocycles. The van der Waals surface area contributed by atoms with Crippen LogP contribution in [0.3, 0.4) is 0 Å². The summed E-state index contributed by atoms with van der Waals surface area (Å²) in [5, 5.41) is 16.0. The third kappa shape index (κ3) is 1.96. The van der Waals surface area contributed by atoms with Crippen molar-refractivity contribution in [3.05, 3.63) is 40.1 Å². The second-order valence-corrected chi connectivity index (χ2v) is 4.14. The Labute approximate surface area is 99.8 Å². The predicted octanol–water partition coefficient (Wildman–Crippen LogP) is 2.04. The normalized spacial score (nSPS) is 10.4. The molecular formula is C10H8BrN3O2. The molecule has 1 aromatic carbocycles. The summed E-state index contributed by atoms with van der Waals surface area (Å²) in [6, 6.07) is 5.61. The van der Waals surface area contributed by atoms with Crippen molar-refractivity contribution >= 4 is 21.9 Å². The first kappa shape index (κ1) is 10.8. The van der Waals surface area contributed by atoms with Gasteiger partial charge in [0.05, 0.1) is 11.9 Å². The van der Waals surface area contributed by atoms with E-state index in [9.17, 15) is 4.79 Å². The third-order valence-corrected chi connectivity index (χ3v) is 3.01. The van der Waals surface area contributed by atoms with Crippen molar-refractivity contribution < 1.29 is 9.90 Å². The Hall–Kier alpha value is -1.69. The lowest BCUT2D eigenvalue weighted by molar-refractivity contribution is 0.0690. The van der Waals surface area contributed by atoms with Crippen molar-refractivity contribution in [3.63, 3.8) is 0 Å². The second-order valence-electron chi connectivity index (χ2n) is 3.29. The molecule has 2 rings (SSSR count). The summed E-state index contributed by atoms with van der Waals surface area (Å²) in [6.45, 7) is 1.95. The third-order valence-electron chi connectivity index (χ3n) is 2.12. The first-order valence-corrected chi connectivity index (χ1v) is 5.29. The number of rotatable bonds is 2. The summed E-state index contributed by atoms with van der Waals surface area (Å²) in [5.74, 6) is -1.08. The molecule has 0 atom stereocenters. The van der Waals surface area contributed by atoms with Crippen LogP contribution in [0, 0.1) is 6.92 Å². The summed E-state index contributed by atoms with van der Waals surface area (Å²) in [5.41, 5.74) is 1.76. The van der Waals surface area contributed by atoms with Crippen LogP contribution in [0.5, 0.6) is 0 Å². The Kier molecular flexibility index (Phi) is 2.74. The molecule has 0 aliphatic heterocycles. The highest BCUT2D eigenvalue weighted by atomic mass is 79.9. The zero-order valence-corrected chi connectivity index (χ0v) is 9.97. The Morgan fingerprint density at radius 1 is 1.50 bits per heavy atom. The van der Waals surface area contributed by atoms with Crippen molar-refractivity contribution in [2.75, 3.05) is 0 Å². The molecular weight excluding hydrogens is 274 g/mol. The number of carboxylic acid groups (broad SMARTS) is 1. The fourth-order valence-electron chi connectivity index (χ4n) is 1.26. The van der Waals surface area contributed by atoms with Crippen LogP contribution in [0.2, 0.25) is 0 Å². The maximum Gasteiger partial charge on any atom is 0.358 e. The first-order chi connectivity index (χ1) is 7.58. The lowest BCUT2D eigenvalue weighted by Gasteiger charge is -2.02. The van der Waals surface area contributed by atoms with Crippen molar-refractivity contribution in [2.24, 2.45) is 0 Å². The van der Waals surface area contributed by atoms with Gasteiger partial charge in [-0.3, -0.25) is 0 Å². The lowest BCUT2D eigenvalue weighted by Crippen LogP contribution is -1.96. The molecule has 0 saturated heterocycles. The molecule has 82 valence electrons. The standard InChI is InChI=1S/C10H8BrN3O2/c1-6-4-7(2-3-8(6)11)14-5-9(10(15)16)12-13-14/h2-5H,1H3,(H,15,16). The van der Waals surface area contributed by atoms with Gasteiger partial charge in [0, 0.05) is 4.47 Å². The molecule has 16 heavy (non-hydrogen) atoms. The number of halogens is 1. The molecule has 0 aliphatic carbocycles. The van der Waals surface area contributed by atoms with Crippen molar-refractivity contribution in [2.45, 2.75) is 6.92 Å². The minimum absolute atomic E-state index is 0.0689. The van der Waals surface area contributed by atoms with Gasteiger partial charge in [0.2, 0.25) is 0 Å². The average molecular weight is 282 g/mol. The smallest absolute Gasteiger partial charge is 0.358 e. The molecule has 0 spiro atoms. The molecule has 1 heterocycles. The number of benzene rings is 1. The van der Waals surface area contributed by atoms with Crippen molar-refractivity contribution in [1.82, 2.24) is 15.0 Å². The van der Waals surface area contributed by atoms with Gasteiger partial charge >= 0.3 is 5.97 Å². The molecule has 0 fully saturated rings. The summed E-state index contributed by atoms with van der Waals surface area (Å²) >= 11 is 3.39. The zero-order chi connectivity index (χ0) is 11.7. The van der Waals surface area contributed by atoms with E-state index >= 15 is 0 Å². The highest BCUT2D eigenvalue weighted by Gasteiger charge is 2.09. The van der Waals surface area contributed by atoms with Crippen LogP contribution >= 0.6 is 15.9 Å². The number of carboxylic acids is 1. The van der Waals surface area contributed by atoms with Gasteiger partial charge in [0.15, 0.2) is 5.69 Å². The molecule has 0 amide bonds. The maximum atomic E-state index is 10.6. The van der Waals surface area contributed by atoms with E-state index < -0.39 is 5.97 Å². The lowest BCUT2D eigenvalue weighted by atomic mass is 10.2. The van der Waals surface area contributed by atoms with Gasteiger partial charge in [-0.05, 0) is 30.7 Å². The summed E-state index contributed by atoms with van der Waals surface area (Å²) in [7, 11) is 0.